The molecule has 4 N–H and O–H groups in total. The zero-order chi connectivity index (χ0) is 23.9. The summed E-state index contributed by atoms with van der Waals surface area (Å²) >= 11 is 0. The molecule has 1 aliphatic carbocycles. The maximum absolute atomic E-state index is 13.1. The highest BCUT2D eigenvalue weighted by atomic mass is 16.5. The molecule has 9 nitrogen and oxygen atoms in total. The molecular formula is C25H24N4O5. The molecule has 174 valence electrons. The van der Waals surface area contributed by atoms with Crippen molar-refractivity contribution in [3.63, 3.8) is 0 Å². The molecule has 1 saturated heterocycles. The van der Waals surface area contributed by atoms with Gasteiger partial charge in [0.2, 0.25) is 0 Å². The van der Waals surface area contributed by atoms with Gasteiger partial charge in [-0.3, -0.25) is 14.9 Å². The van der Waals surface area contributed by atoms with E-state index in [2.05, 4.69) is 20.9 Å². The Kier molecular flexibility index (Phi) is 5.31. The van der Waals surface area contributed by atoms with Crippen molar-refractivity contribution >= 4 is 34.7 Å². The molecule has 1 unspecified atom stereocenters. The number of esters is 1. The van der Waals surface area contributed by atoms with Crippen LogP contribution < -0.4 is 16.0 Å². The number of aryl methyl sites for hydroxylation is 1. The normalized spacial score (nSPS) is 19.9. The number of nitrogens with one attached hydrogen (secondary N) is 4. The lowest BCUT2D eigenvalue weighted by molar-refractivity contribution is -0.142. The van der Waals surface area contributed by atoms with Crippen LogP contribution in [0.4, 0.5) is 4.79 Å². The van der Waals surface area contributed by atoms with Crippen LogP contribution in [0.3, 0.4) is 0 Å². The number of fused-ring (bicyclic) bond motifs is 2. The van der Waals surface area contributed by atoms with E-state index in [9.17, 15) is 19.2 Å². The van der Waals surface area contributed by atoms with Gasteiger partial charge in [-0.1, -0.05) is 24.3 Å². The molecule has 1 spiro atoms. The third-order valence-corrected chi connectivity index (χ3v) is 6.69. The van der Waals surface area contributed by atoms with Crippen LogP contribution in [-0.2, 0) is 33.6 Å². The SMILES string of the molecule is COC(=O)[C@@H](Cc1c[nH]c2ccccc12)NC(=O)c1ccc2c(c1)CCC1(C2)NC(=O)NC1=O. The Labute approximate surface area is 195 Å². The number of carbonyl (C=O) groups excluding carboxylic acids is 4. The number of aromatic amines is 1. The summed E-state index contributed by atoms with van der Waals surface area (Å²) in [7, 11) is 1.30. The number of hydrogen-bond donors (Lipinski definition) is 4. The van der Waals surface area contributed by atoms with E-state index in [0.717, 1.165) is 27.6 Å². The lowest BCUT2D eigenvalue weighted by atomic mass is 9.77. The quantitative estimate of drug-likeness (QED) is 0.341. The number of imide groups is 1. The summed E-state index contributed by atoms with van der Waals surface area (Å²) in [5.41, 5.74) is 3.19. The van der Waals surface area contributed by atoms with Crippen LogP contribution in [0.15, 0.2) is 48.7 Å². The summed E-state index contributed by atoms with van der Waals surface area (Å²) in [6.45, 7) is 0. The zero-order valence-corrected chi connectivity index (χ0v) is 18.6. The first kappa shape index (κ1) is 21.7. The highest BCUT2D eigenvalue weighted by molar-refractivity contribution is 6.07. The summed E-state index contributed by atoms with van der Waals surface area (Å²) in [5.74, 6) is -1.23. The predicted molar refractivity (Wildman–Crippen MR) is 123 cm³/mol. The first-order valence-electron chi connectivity index (χ1n) is 11.1. The highest BCUT2D eigenvalue weighted by Gasteiger charge is 2.47. The van der Waals surface area contributed by atoms with Crippen molar-refractivity contribution in [2.45, 2.75) is 37.3 Å². The highest BCUT2D eigenvalue weighted by Crippen LogP contribution is 2.31. The minimum atomic E-state index is -0.927. The number of methoxy groups -OCH3 is 1. The van der Waals surface area contributed by atoms with Gasteiger partial charge in [0.15, 0.2) is 0 Å². The van der Waals surface area contributed by atoms with E-state index in [1.165, 1.54) is 7.11 Å². The Hall–Kier alpha value is -4.14. The van der Waals surface area contributed by atoms with Gasteiger partial charge in [0.25, 0.3) is 11.8 Å². The molecule has 0 saturated carbocycles. The van der Waals surface area contributed by atoms with Crippen LogP contribution in [0.25, 0.3) is 10.9 Å². The minimum absolute atomic E-state index is 0.282. The summed E-state index contributed by atoms with van der Waals surface area (Å²) in [6, 6.07) is 11.7. The fraction of sp³-hybridized carbons (Fsp3) is 0.280. The second kappa shape index (κ2) is 8.33. The summed E-state index contributed by atoms with van der Waals surface area (Å²) in [4.78, 5) is 52.6. The summed E-state index contributed by atoms with van der Waals surface area (Å²) < 4.78 is 4.94. The van der Waals surface area contributed by atoms with Crippen molar-refractivity contribution in [3.05, 3.63) is 70.9 Å². The lowest BCUT2D eigenvalue weighted by Crippen LogP contribution is -2.51. The molecule has 0 radical (unpaired) electrons. The van der Waals surface area contributed by atoms with Gasteiger partial charge in [-0.05, 0) is 47.7 Å². The van der Waals surface area contributed by atoms with Crippen molar-refractivity contribution < 1.29 is 23.9 Å². The van der Waals surface area contributed by atoms with E-state index >= 15 is 0 Å². The number of para-hydroxylation sites is 1. The molecule has 1 fully saturated rings. The van der Waals surface area contributed by atoms with E-state index in [1.807, 2.05) is 30.5 Å². The maximum atomic E-state index is 13.1. The van der Waals surface area contributed by atoms with Crippen LogP contribution in [0.5, 0.6) is 0 Å². The Morgan fingerprint density at radius 1 is 1.15 bits per heavy atom. The predicted octanol–water partition coefficient (Wildman–Crippen LogP) is 1.75. The largest absolute Gasteiger partial charge is 0.467 e. The molecule has 2 heterocycles. The van der Waals surface area contributed by atoms with Crippen molar-refractivity contribution in [2.24, 2.45) is 0 Å². The molecule has 5 rings (SSSR count). The van der Waals surface area contributed by atoms with E-state index < -0.39 is 23.6 Å². The number of hydrogen-bond acceptors (Lipinski definition) is 5. The molecule has 1 aromatic heterocycles. The van der Waals surface area contributed by atoms with Crippen LogP contribution in [-0.4, -0.2) is 47.5 Å². The van der Waals surface area contributed by atoms with Crippen molar-refractivity contribution in [1.82, 2.24) is 20.9 Å². The van der Waals surface area contributed by atoms with E-state index in [-0.39, 0.29) is 18.2 Å². The van der Waals surface area contributed by atoms with Crippen molar-refractivity contribution in [1.29, 1.82) is 0 Å². The third kappa shape index (κ3) is 3.79. The first-order valence-corrected chi connectivity index (χ1v) is 11.1. The standard InChI is InChI=1S/C25H24N4O5/c1-34-22(31)20(11-17-13-26-19-5-3-2-4-18(17)19)27-21(30)15-6-7-16-12-25(9-8-14(16)10-15)23(32)28-24(33)29-25/h2-7,10,13,20,26H,8-9,11-12H2,1H3,(H,27,30)(H2,28,29,32,33)/t20-,25?/m1/s1. The van der Waals surface area contributed by atoms with Crippen LogP contribution in [0.2, 0.25) is 0 Å². The van der Waals surface area contributed by atoms with Gasteiger partial charge in [-0.2, -0.15) is 0 Å². The molecule has 9 heteroatoms. The van der Waals surface area contributed by atoms with Crippen LogP contribution in [0.1, 0.15) is 33.5 Å². The topological polar surface area (TPSA) is 129 Å². The minimum Gasteiger partial charge on any atom is -0.467 e. The average Bonchev–Trinajstić information content (AvgIpc) is 3.37. The number of aromatic nitrogens is 1. The molecule has 0 bridgehead atoms. The fourth-order valence-corrected chi connectivity index (χ4v) is 4.86. The third-order valence-electron chi connectivity index (χ3n) is 6.69. The van der Waals surface area contributed by atoms with Gasteiger partial charge in [0.1, 0.15) is 11.6 Å². The number of amides is 4. The van der Waals surface area contributed by atoms with E-state index in [0.29, 0.717) is 24.8 Å². The molecular weight excluding hydrogens is 436 g/mol. The number of carbonyl (C=O) groups is 4. The zero-order valence-electron chi connectivity index (χ0n) is 18.6. The van der Waals surface area contributed by atoms with Crippen LogP contribution >= 0.6 is 0 Å². The molecule has 4 amide bonds. The second-order valence-corrected chi connectivity index (χ2v) is 8.76. The van der Waals surface area contributed by atoms with Crippen LogP contribution in [0, 0.1) is 0 Å². The fourth-order valence-electron chi connectivity index (χ4n) is 4.86. The van der Waals surface area contributed by atoms with Crippen molar-refractivity contribution in [2.75, 3.05) is 7.11 Å². The van der Waals surface area contributed by atoms with Gasteiger partial charge >= 0.3 is 12.0 Å². The van der Waals surface area contributed by atoms with Gasteiger partial charge in [-0.25, -0.2) is 9.59 Å². The van der Waals surface area contributed by atoms with Gasteiger partial charge in [0.05, 0.1) is 7.11 Å². The van der Waals surface area contributed by atoms with Gasteiger partial charge < -0.3 is 20.4 Å². The molecule has 2 aromatic carbocycles. The number of H-pyrrole nitrogens is 1. The van der Waals surface area contributed by atoms with Crippen molar-refractivity contribution in [3.8, 4) is 0 Å². The lowest BCUT2D eigenvalue weighted by Gasteiger charge is -2.32. The smallest absolute Gasteiger partial charge is 0.328 e. The number of urea groups is 1. The number of benzene rings is 2. The number of rotatable bonds is 5. The number of ether oxygens (including phenoxy) is 1. The second-order valence-electron chi connectivity index (χ2n) is 8.76. The Bertz CT molecular complexity index is 1330. The van der Waals surface area contributed by atoms with Gasteiger partial charge in [-0.15, -0.1) is 0 Å². The maximum Gasteiger partial charge on any atom is 0.328 e. The molecule has 1 aliphatic heterocycles. The summed E-state index contributed by atoms with van der Waals surface area (Å²) in [6.07, 6.45) is 3.48. The Morgan fingerprint density at radius 2 is 1.97 bits per heavy atom. The molecule has 2 aliphatic rings. The molecule has 2 atom stereocenters. The monoisotopic (exact) mass is 460 g/mol. The average molecular weight is 460 g/mol. The molecule has 3 aromatic rings. The van der Waals surface area contributed by atoms with E-state index in [1.54, 1.807) is 18.2 Å². The van der Waals surface area contributed by atoms with E-state index in [4.69, 9.17) is 4.74 Å². The molecule has 34 heavy (non-hydrogen) atoms. The Balaban J connectivity index is 1.34. The first-order chi connectivity index (χ1) is 16.4. The van der Waals surface area contributed by atoms with Gasteiger partial charge in [0, 0.05) is 35.5 Å². The summed E-state index contributed by atoms with van der Waals surface area (Å²) in [5, 5.41) is 8.84. The Morgan fingerprint density at radius 3 is 2.74 bits per heavy atom.